The van der Waals surface area contributed by atoms with Crippen molar-refractivity contribution in [3.63, 3.8) is 0 Å². The van der Waals surface area contributed by atoms with Crippen LogP contribution in [0.25, 0.3) is 0 Å². The Kier molecular flexibility index (Phi) is 4.22. The Labute approximate surface area is 104 Å². The Morgan fingerprint density at radius 2 is 1.89 bits per heavy atom. The summed E-state index contributed by atoms with van der Waals surface area (Å²) in [5.74, 6) is -2.43. The molecule has 19 heavy (non-hydrogen) atoms. The summed E-state index contributed by atoms with van der Waals surface area (Å²) in [5, 5.41) is 27.1. The van der Waals surface area contributed by atoms with Crippen LogP contribution < -0.4 is 10.5 Å². The summed E-state index contributed by atoms with van der Waals surface area (Å²) in [4.78, 5) is 10.5. The first-order valence-electron chi connectivity index (χ1n) is 4.86. The summed E-state index contributed by atoms with van der Waals surface area (Å²) in [6.45, 7) is 0. The number of aliphatic hydroxyl groups is 2. The number of aliphatic hydroxyl groups excluding tert-OH is 2. The van der Waals surface area contributed by atoms with Crippen LogP contribution in [-0.4, -0.2) is 33.8 Å². The van der Waals surface area contributed by atoms with E-state index in [1.54, 1.807) is 0 Å². The van der Waals surface area contributed by atoms with Gasteiger partial charge < -0.3 is 25.8 Å². The summed E-state index contributed by atoms with van der Waals surface area (Å²) in [6.07, 6.45) is -9.14. The highest BCUT2D eigenvalue weighted by molar-refractivity contribution is 5.73. The molecule has 0 aliphatic rings. The molecular weight excluding hydrogens is 271 g/mol. The number of hydrogen-bond donors (Lipinski definition) is 4. The minimum absolute atomic E-state index is 0.178. The van der Waals surface area contributed by atoms with Crippen molar-refractivity contribution in [1.29, 1.82) is 0 Å². The zero-order valence-electron chi connectivity index (χ0n) is 9.26. The lowest BCUT2D eigenvalue weighted by atomic mass is 10.0. The molecule has 1 rings (SSSR count). The Hall–Kier alpha value is -2.00. The number of hydrogen-bond acceptors (Lipinski definition) is 5. The minimum atomic E-state index is -4.94. The van der Waals surface area contributed by atoms with Gasteiger partial charge in [-0.15, -0.1) is 13.2 Å². The van der Waals surface area contributed by atoms with E-state index in [0.29, 0.717) is 6.07 Å². The molecule has 1 aromatic carbocycles. The Bertz CT molecular complexity index is 477. The maximum absolute atomic E-state index is 12.0. The fourth-order valence-corrected chi connectivity index (χ4v) is 1.31. The molecule has 2 unspecified atom stereocenters. The minimum Gasteiger partial charge on any atom is -0.479 e. The fraction of sp³-hybridized carbons (Fsp3) is 0.300. The van der Waals surface area contributed by atoms with E-state index in [2.05, 4.69) is 4.74 Å². The van der Waals surface area contributed by atoms with Gasteiger partial charge >= 0.3 is 12.3 Å². The van der Waals surface area contributed by atoms with E-state index in [1.807, 2.05) is 0 Å². The van der Waals surface area contributed by atoms with Crippen molar-refractivity contribution in [3.05, 3.63) is 23.8 Å². The molecule has 1 aromatic rings. The highest BCUT2D eigenvalue weighted by Gasteiger charge is 2.32. The molecule has 0 radical (unpaired) electrons. The van der Waals surface area contributed by atoms with Gasteiger partial charge in [-0.1, -0.05) is 0 Å². The molecule has 0 aromatic heterocycles. The predicted octanol–water partition coefficient (Wildman–Crippen LogP) is 0.646. The van der Waals surface area contributed by atoms with Gasteiger partial charge in [0.15, 0.2) is 6.10 Å². The third-order valence-electron chi connectivity index (χ3n) is 2.16. The van der Waals surface area contributed by atoms with Crippen LogP contribution in [-0.2, 0) is 4.79 Å². The number of carbonyl (C=O) groups is 1. The predicted molar refractivity (Wildman–Crippen MR) is 56.1 cm³/mol. The second-order valence-corrected chi connectivity index (χ2v) is 3.57. The van der Waals surface area contributed by atoms with Crippen LogP contribution in [0.3, 0.4) is 0 Å². The van der Waals surface area contributed by atoms with Crippen LogP contribution in [0, 0.1) is 0 Å². The highest BCUT2D eigenvalue weighted by Crippen LogP contribution is 2.30. The van der Waals surface area contributed by atoms with Crippen LogP contribution >= 0.6 is 0 Å². The molecule has 0 spiro atoms. The quantitative estimate of drug-likeness (QED) is 0.603. The van der Waals surface area contributed by atoms with Gasteiger partial charge in [-0.05, 0) is 18.2 Å². The lowest BCUT2D eigenvalue weighted by Gasteiger charge is -2.18. The van der Waals surface area contributed by atoms with Gasteiger partial charge in [0, 0.05) is 11.3 Å². The Morgan fingerprint density at radius 3 is 2.37 bits per heavy atom. The molecule has 6 nitrogen and oxygen atoms in total. The first-order chi connectivity index (χ1) is 8.61. The van der Waals surface area contributed by atoms with Gasteiger partial charge in [-0.2, -0.15) is 0 Å². The molecule has 0 aliphatic carbocycles. The maximum atomic E-state index is 12.0. The Balaban J connectivity index is 3.07. The number of carboxylic acids is 1. The van der Waals surface area contributed by atoms with Gasteiger partial charge in [0.05, 0.1) is 0 Å². The number of aliphatic carboxylic acids is 1. The number of halogens is 3. The van der Waals surface area contributed by atoms with Gasteiger partial charge in [0.2, 0.25) is 0 Å². The molecule has 0 heterocycles. The van der Waals surface area contributed by atoms with Crippen molar-refractivity contribution < 1.29 is 38.0 Å². The number of alkyl halides is 3. The lowest BCUT2D eigenvalue weighted by Crippen LogP contribution is -2.28. The number of anilines is 1. The number of rotatable bonds is 4. The Morgan fingerprint density at radius 1 is 1.32 bits per heavy atom. The SMILES string of the molecule is Nc1ccc(OC(F)(F)F)cc1C(O)C(O)C(=O)O. The van der Waals surface area contributed by atoms with Crippen molar-refractivity contribution in [3.8, 4) is 5.75 Å². The summed E-state index contributed by atoms with van der Waals surface area (Å²) < 4.78 is 39.6. The molecular formula is C10H10F3NO5. The van der Waals surface area contributed by atoms with Crippen LogP contribution in [0.4, 0.5) is 18.9 Å². The van der Waals surface area contributed by atoms with Crippen LogP contribution in [0.5, 0.6) is 5.75 Å². The van der Waals surface area contributed by atoms with Crippen molar-refractivity contribution in [1.82, 2.24) is 0 Å². The molecule has 106 valence electrons. The topological polar surface area (TPSA) is 113 Å². The van der Waals surface area contributed by atoms with E-state index < -0.39 is 30.3 Å². The van der Waals surface area contributed by atoms with E-state index >= 15 is 0 Å². The molecule has 0 fully saturated rings. The van der Waals surface area contributed by atoms with Crippen molar-refractivity contribution in [2.45, 2.75) is 18.6 Å². The maximum Gasteiger partial charge on any atom is 0.573 e. The average Bonchev–Trinajstić information content (AvgIpc) is 2.27. The third kappa shape index (κ3) is 4.00. The van der Waals surface area contributed by atoms with Crippen molar-refractivity contribution in [2.24, 2.45) is 0 Å². The van der Waals surface area contributed by atoms with Gasteiger partial charge in [0.25, 0.3) is 0 Å². The smallest absolute Gasteiger partial charge is 0.479 e. The number of benzene rings is 1. The van der Waals surface area contributed by atoms with E-state index in [-0.39, 0.29) is 11.3 Å². The van der Waals surface area contributed by atoms with Gasteiger partial charge in [-0.25, -0.2) is 4.79 Å². The van der Waals surface area contributed by atoms with Crippen molar-refractivity contribution >= 4 is 11.7 Å². The van der Waals surface area contributed by atoms with Crippen LogP contribution in [0.1, 0.15) is 11.7 Å². The molecule has 9 heteroatoms. The molecule has 0 saturated heterocycles. The third-order valence-corrected chi connectivity index (χ3v) is 2.16. The number of nitrogens with two attached hydrogens (primary N) is 1. The summed E-state index contributed by atoms with van der Waals surface area (Å²) in [7, 11) is 0. The van der Waals surface area contributed by atoms with E-state index in [4.69, 9.17) is 15.9 Å². The monoisotopic (exact) mass is 281 g/mol. The fourth-order valence-electron chi connectivity index (χ4n) is 1.31. The van der Waals surface area contributed by atoms with E-state index in [9.17, 15) is 23.1 Å². The largest absolute Gasteiger partial charge is 0.573 e. The molecule has 5 N–H and O–H groups in total. The zero-order chi connectivity index (χ0) is 14.8. The highest BCUT2D eigenvalue weighted by atomic mass is 19.4. The molecule has 2 atom stereocenters. The molecule has 0 amide bonds. The van der Waals surface area contributed by atoms with Crippen LogP contribution in [0.15, 0.2) is 18.2 Å². The molecule has 0 aliphatic heterocycles. The second-order valence-electron chi connectivity index (χ2n) is 3.57. The van der Waals surface area contributed by atoms with Crippen LogP contribution in [0.2, 0.25) is 0 Å². The van der Waals surface area contributed by atoms with Gasteiger partial charge in [0.1, 0.15) is 11.9 Å². The number of carboxylic acid groups (broad SMARTS) is 1. The summed E-state index contributed by atoms with van der Waals surface area (Å²) >= 11 is 0. The standard InChI is InChI=1S/C10H10F3NO5/c11-10(12,13)19-4-1-2-6(14)5(3-4)7(15)8(16)9(17)18/h1-3,7-8,15-16H,14H2,(H,17,18). The zero-order valence-corrected chi connectivity index (χ0v) is 9.26. The molecule has 0 saturated carbocycles. The average molecular weight is 281 g/mol. The van der Waals surface area contributed by atoms with E-state index in [0.717, 1.165) is 12.1 Å². The summed E-state index contributed by atoms with van der Waals surface area (Å²) in [6, 6.07) is 2.60. The second kappa shape index (κ2) is 5.33. The number of nitrogen functional groups attached to an aromatic ring is 1. The molecule has 0 bridgehead atoms. The first kappa shape index (κ1) is 15.1. The summed E-state index contributed by atoms with van der Waals surface area (Å²) in [5.41, 5.74) is 4.83. The lowest BCUT2D eigenvalue weighted by molar-refractivity contribution is -0.274. The number of ether oxygens (including phenoxy) is 1. The van der Waals surface area contributed by atoms with Crippen molar-refractivity contribution in [2.75, 3.05) is 5.73 Å². The first-order valence-corrected chi connectivity index (χ1v) is 4.86. The normalized spacial score (nSPS) is 14.8. The van der Waals surface area contributed by atoms with Gasteiger partial charge in [-0.3, -0.25) is 0 Å². The van der Waals surface area contributed by atoms with E-state index in [1.165, 1.54) is 0 Å².